The molecule has 3 rings (SSSR count). The van der Waals surface area contributed by atoms with Crippen molar-refractivity contribution in [1.82, 2.24) is 4.67 Å². The lowest BCUT2D eigenvalue weighted by Gasteiger charge is -2.34. The summed E-state index contributed by atoms with van der Waals surface area (Å²) in [6.07, 6.45) is 0. The van der Waals surface area contributed by atoms with Gasteiger partial charge in [-0.25, -0.2) is 0 Å². The molecule has 4 heteroatoms. The van der Waals surface area contributed by atoms with Crippen molar-refractivity contribution in [3.05, 3.63) is 45.5 Å². The van der Waals surface area contributed by atoms with E-state index in [0.717, 1.165) is 41.1 Å². The molecule has 2 aromatic carbocycles. The molecule has 1 fully saturated rings. The van der Waals surface area contributed by atoms with Crippen LogP contribution in [-0.4, -0.2) is 22.9 Å². The summed E-state index contributed by atoms with van der Waals surface area (Å²) >= 11 is 0. The maximum atomic E-state index is 12.2. The number of hydrogen-bond acceptors (Lipinski definition) is 3. The smallest absolute Gasteiger partial charge is 0.149 e. The molecular weight excluding hydrogens is 509 g/mol. The summed E-state index contributed by atoms with van der Waals surface area (Å²) in [5.41, 5.74) is 8.67. The first-order valence-electron chi connectivity index (χ1n) is 15.2. The second-order valence-corrected chi connectivity index (χ2v) is 17.7. The van der Waals surface area contributed by atoms with E-state index in [0.29, 0.717) is 17.6 Å². The number of hydrogen-bond donors (Lipinski definition) is 1. The maximum absolute atomic E-state index is 12.2. The number of aromatic hydroxyl groups is 1. The second kappa shape index (κ2) is 10.9. The molecule has 0 aliphatic carbocycles. The van der Waals surface area contributed by atoms with Gasteiger partial charge in [-0.15, -0.1) is 0 Å². The molecule has 40 heavy (non-hydrogen) atoms. The Kier molecular flexibility index (Phi) is 9.00. The normalized spacial score (nSPS) is 19.7. The van der Waals surface area contributed by atoms with E-state index in [9.17, 15) is 5.11 Å². The van der Waals surface area contributed by atoms with Gasteiger partial charge in [0.2, 0.25) is 0 Å². The van der Waals surface area contributed by atoms with Crippen molar-refractivity contribution >= 4 is 8.96 Å². The van der Waals surface area contributed by atoms with Gasteiger partial charge in [0.1, 0.15) is 20.5 Å². The van der Waals surface area contributed by atoms with Gasteiger partial charge in [0.15, 0.2) is 0 Å². The molecule has 0 bridgehead atoms. The summed E-state index contributed by atoms with van der Waals surface area (Å²) in [6.45, 7) is 38.4. The zero-order chi connectivity index (χ0) is 30.7. The Bertz CT molecular complexity index is 1200. The van der Waals surface area contributed by atoms with Crippen molar-refractivity contribution in [2.45, 2.75) is 132 Å². The Morgan fingerprint density at radius 2 is 1.02 bits per heavy atom. The predicted molar refractivity (Wildman–Crippen MR) is 177 cm³/mol. The predicted octanol–water partition coefficient (Wildman–Crippen LogP) is 10.3. The molecule has 2 aromatic rings. The molecular formula is C36H58NO2P. The molecule has 0 aromatic heterocycles. The summed E-state index contributed by atoms with van der Waals surface area (Å²) in [4.78, 5) is 0. The van der Waals surface area contributed by atoms with Gasteiger partial charge in [-0.05, 0) is 69.6 Å². The van der Waals surface area contributed by atoms with Crippen LogP contribution in [0.25, 0.3) is 11.1 Å². The van der Waals surface area contributed by atoms with Crippen molar-refractivity contribution < 1.29 is 9.63 Å². The van der Waals surface area contributed by atoms with Gasteiger partial charge in [-0.2, -0.15) is 0 Å². The molecule has 1 N–H and O–H groups in total. The first-order chi connectivity index (χ1) is 18.0. The van der Waals surface area contributed by atoms with Crippen LogP contribution in [0, 0.1) is 25.7 Å². The molecule has 0 amide bonds. The van der Waals surface area contributed by atoms with Crippen molar-refractivity contribution in [2.24, 2.45) is 11.8 Å². The Morgan fingerprint density at radius 1 is 0.650 bits per heavy atom. The lowest BCUT2D eigenvalue weighted by molar-refractivity contribution is 0.444. The van der Waals surface area contributed by atoms with Crippen LogP contribution in [0.5, 0.6) is 11.5 Å². The highest BCUT2D eigenvalue weighted by molar-refractivity contribution is 7.29. The minimum Gasteiger partial charge on any atom is -0.507 e. The molecule has 1 heterocycles. The number of rotatable bonds is 4. The average molecular weight is 568 g/mol. The quantitative estimate of drug-likeness (QED) is 0.373. The van der Waals surface area contributed by atoms with Crippen molar-refractivity contribution in [3.8, 4) is 22.6 Å². The third kappa shape index (κ3) is 6.57. The van der Waals surface area contributed by atoms with Gasteiger partial charge in [-0.3, -0.25) is 4.67 Å². The molecule has 1 aliphatic heterocycles. The van der Waals surface area contributed by atoms with E-state index in [1.54, 1.807) is 0 Å². The van der Waals surface area contributed by atoms with Crippen LogP contribution in [0.3, 0.4) is 0 Å². The molecule has 1 aliphatic rings. The third-order valence-corrected chi connectivity index (χ3v) is 9.76. The van der Waals surface area contributed by atoms with E-state index >= 15 is 0 Å². The van der Waals surface area contributed by atoms with E-state index in [2.05, 4.69) is 128 Å². The number of benzene rings is 2. The Morgan fingerprint density at radius 3 is 1.43 bits per heavy atom. The SMILES string of the molecule is Cc1c(C(C)(C)C)cc(C(C)(C)C)c(O)c1-c1c(C)c(C(C)(C)C)cc(C(C)(C)C)c1OPN1C[C@@H](C)[C@H](C)C1. The fourth-order valence-corrected chi connectivity index (χ4v) is 7.40. The summed E-state index contributed by atoms with van der Waals surface area (Å²) in [7, 11) is 0.250. The van der Waals surface area contributed by atoms with Crippen molar-refractivity contribution in [3.63, 3.8) is 0 Å². The molecule has 0 spiro atoms. The lowest BCUT2D eigenvalue weighted by atomic mass is 9.72. The highest BCUT2D eigenvalue weighted by Gasteiger charge is 2.35. The van der Waals surface area contributed by atoms with Gasteiger partial charge in [0, 0.05) is 35.3 Å². The minimum absolute atomic E-state index is 0.0581. The molecule has 0 radical (unpaired) electrons. The van der Waals surface area contributed by atoms with Crippen LogP contribution < -0.4 is 4.52 Å². The average Bonchev–Trinajstić information content (AvgIpc) is 3.07. The molecule has 3 nitrogen and oxygen atoms in total. The van der Waals surface area contributed by atoms with Gasteiger partial charge in [-0.1, -0.05) is 109 Å². The molecule has 224 valence electrons. The number of phenols is 1. The van der Waals surface area contributed by atoms with Crippen LogP contribution in [0.15, 0.2) is 12.1 Å². The standard InChI is InChI=1S/C36H58NO2P/c1-21-19-37(20-22(21)2)40-39-32-28(36(14,15)16)18-26(34(8,9)10)24(4)30(32)29-23(3)25(33(5,6)7)17-27(31(29)38)35(11,12)13/h17-18,21-22,38,40H,19-20H2,1-16H3/t21-,22-/m1/s1. The van der Waals surface area contributed by atoms with Crippen LogP contribution in [-0.2, 0) is 21.7 Å². The number of phenolic OH excluding ortho intramolecular Hbond substituents is 1. The number of nitrogens with zero attached hydrogens (tertiary/aromatic N) is 1. The summed E-state index contributed by atoms with van der Waals surface area (Å²) in [5, 5.41) is 12.2. The van der Waals surface area contributed by atoms with Gasteiger partial charge >= 0.3 is 0 Å². The van der Waals surface area contributed by atoms with Gasteiger partial charge in [0.05, 0.1) is 0 Å². The van der Waals surface area contributed by atoms with Crippen molar-refractivity contribution in [1.29, 1.82) is 0 Å². The highest BCUT2D eigenvalue weighted by atomic mass is 31.1. The fraction of sp³-hybridized carbons (Fsp3) is 0.667. The Hall–Kier alpha value is -1.57. The topological polar surface area (TPSA) is 32.7 Å². The molecule has 1 unspecified atom stereocenters. The lowest BCUT2D eigenvalue weighted by Crippen LogP contribution is -2.22. The van der Waals surface area contributed by atoms with Crippen LogP contribution in [0.1, 0.15) is 130 Å². The monoisotopic (exact) mass is 567 g/mol. The van der Waals surface area contributed by atoms with E-state index in [4.69, 9.17) is 4.52 Å². The van der Waals surface area contributed by atoms with E-state index in [-0.39, 0.29) is 30.6 Å². The minimum atomic E-state index is -0.209. The zero-order valence-corrected chi connectivity index (χ0v) is 29.5. The molecule has 1 saturated heterocycles. The Balaban J connectivity index is 2.49. The molecule has 3 atom stereocenters. The van der Waals surface area contributed by atoms with E-state index in [1.165, 1.54) is 22.3 Å². The Labute approximate surface area is 248 Å². The summed E-state index contributed by atoms with van der Waals surface area (Å²) in [5.74, 6) is 2.68. The fourth-order valence-electron chi connectivity index (χ4n) is 6.24. The zero-order valence-electron chi connectivity index (χ0n) is 28.5. The summed E-state index contributed by atoms with van der Waals surface area (Å²) in [6, 6.07) is 4.63. The first-order valence-corrected chi connectivity index (χ1v) is 16.1. The van der Waals surface area contributed by atoms with Crippen LogP contribution in [0.4, 0.5) is 0 Å². The largest absolute Gasteiger partial charge is 0.507 e. The maximum Gasteiger partial charge on any atom is 0.149 e. The third-order valence-electron chi connectivity index (χ3n) is 8.85. The second-order valence-electron chi connectivity index (χ2n) is 16.7. The van der Waals surface area contributed by atoms with E-state index in [1.807, 2.05) is 0 Å². The van der Waals surface area contributed by atoms with Crippen LogP contribution >= 0.6 is 8.96 Å². The van der Waals surface area contributed by atoms with Crippen molar-refractivity contribution in [2.75, 3.05) is 13.1 Å². The van der Waals surface area contributed by atoms with Crippen LogP contribution in [0.2, 0.25) is 0 Å². The molecule has 0 saturated carbocycles. The highest BCUT2D eigenvalue weighted by Crippen LogP contribution is 2.53. The van der Waals surface area contributed by atoms with Gasteiger partial charge < -0.3 is 9.63 Å². The van der Waals surface area contributed by atoms with E-state index < -0.39 is 0 Å². The first kappa shape index (κ1) is 32.9. The van der Waals surface area contributed by atoms with Gasteiger partial charge in [0.25, 0.3) is 0 Å². The summed E-state index contributed by atoms with van der Waals surface area (Å²) < 4.78 is 9.45.